The number of esters is 1. The molecule has 0 amide bonds. The molecule has 1 aliphatic rings. The number of rotatable bonds is 4. The second kappa shape index (κ2) is 6.02. The Morgan fingerprint density at radius 1 is 1.36 bits per heavy atom. The molecule has 1 aliphatic heterocycles. The minimum atomic E-state index is -0.0811. The van der Waals surface area contributed by atoms with Gasteiger partial charge in [-0.2, -0.15) is 0 Å². The van der Waals surface area contributed by atoms with Crippen LogP contribution in [0.15, 0.2) is 0 Å². The Kier molecular flexibility index (Phi) is 4.94. The van der Waals surface area contributed by atoms with E-state index in [0.717, 1.165) is 19.0 Å². The maximum atomic E-state index is 11.2. The fourth-order valence-electron chi connectivity index (χ4n) is 1.94. The number of ether oxygens (including phenoxy) is 1. The summed E-state index contributed by atoms with van der Waals surface area (Å²) in [5, 5.41) is 0. The van der Waals surface area contributed by atoms with Crippen LogP contribution in [0, 0.1) is 5.92 Å². The van der Waals surface area contributed by atoms with Gasteiger partial charge in [0, 0.05) is 0 Å². The molecule has 1 saturated heterocycles. The van der Waals surface area contributed by atoms with Crippen LogP contribution < -0.4 is 0 Å². The van der Waals surface area contributed by atoms with Crippen molar-refractivity contribution in [3.63, 3.8) is 0 Å². The lowest BCUT2D eigenvalue weighted by Crippen LogP contribution is -2.37. The van der Waals surface area contributed by atoms with Crippen LogP contribution in [0.3, 0.4) is 0 Å². The van der Waals surface area contributed by atoms with Gasteiger partial charge in [0.1, 0.15) is 0 Å². The van der Waals surface area contributed by atoms with Crippen molar-refractivity contribution in [2.45, 2.75) is 33.1 Å². The molecule has 0 aromatic carbocycles. The number of likely N-dealkylation sites (tertiary alicyclic amines) is 1. The van der Waals surface area contributed by atoms with E-state index in [2.05, 4.69) is 11.8 Å². The number of hydrogen-bond acceptors (Lipinski definition) is 3. The summed E-state index contributed by atoms with van der Waals surface area (Å²) < 4.78 is 4.92. The van der Waals surface area contributed by atoms with Crippen molar-refractivity contribution in [2.75, 3.05) is 26.2 Å². The standard InChI is InChI=1S/C11H21NO2/c1-3-10-5-7-12(8-6-10)9-11(13)14-4-2/h10H,3-9H2,1-2H3. The number of carbonyl (C=O) groups is 1. The monoisotopic (exact) mass is 199 g/mol. The van der Waals surface area contributed by atoms with Crippen molar-refractivity contribution in [3.8, 4) is 0 Å². The lowest BCUT2D eigenvalue weighted by molar-refractivity contribution is -0.144. The molecule has 0 spiro atoms. The fraction of sp³-hybridized carbons (Fsp3) is 0.909. The Labute approximate surface area is 86.4 Å². The Bertz CT molecular complexity index is 174. The molecule has 0 radical (unpaired) electrons. The highest BCUT2D eigenvalue weighted by Gasteiger charge is 2.19. The summed E-state index contributed by atoms with van der Waals surface area (Å²) in [5.74, 6) is 0.788. The summed E-state index contributed by atoms with van der Waals surface area (Å²) >= 11 is 0. The van der Waals surface area contributed by atoms with Crippen LogP contribution in [-0.2, 0) is 9.53 Å². The Morgan fingerprint density at radius 2 is 2.00 bits per heavy atom. The zero-order valence-corrected chi connectivity index (χ0v) is 9.29. The molecule has 0 aliphatic carbocycles. The van der Waals surface area contributed by atoms with Gasteiger partial charge in [0.2, 0.25) is 0 Å². The maximum Gasteiger partial charge on any atom is 0.320 e. The molecule has 0 bridgehead atoms. The molecular weight excluding hydrogens is 178 g/mol. The molecule has 82 valence electrons. The zero-order chi connectivity index (χ0) is 10.4. The summed E-state index contributed by atoms with van der Waals surface area (Å²) in [6, 6.07) is 0. The van der Waals surface area contributed by atoms with Crippen molar-refractivity contribution < 1.29 is 9.53 Å². The Morgan fingerprint density at radius 3 is 2.50 bits per heavy atom. The number of nitrogens with zero attached hydrogens (tertiary/aromatic N) is 1. The first-order chi connectivity index (χ1) is 6.76. The lowest BCUT2D eigenvalue weighted by Gasteiger charge is -2.30. The summed E-state index contributed by atoms with van der Waals surface area (Å²) in [6.45, 7) is 7.16. The Balaban J connectivity index is 2.18. The van der Waals surface area contributed by atoms with Gasteiger partial charge in [-0.15, -0.1) is 0 Å². The predicted octanol–water partition coefficient (Wildman–Crippen LogP) is 1.67. The van der Waals surface area contributed by atoms with Crippen LogP contribution in [0.4, 0.5) is 0 Å². The molecule has 0 N–H and O–H groups in total. The second-order valence-corrected chi connectivity index (χ2v) is 3.93. The molecule has 3 heteroatoms. The zero-order valence-electron chi connectivity index (χ0n) is 9.29. The third-order valence-corrected chi connectivity index (χ3v) is 2.94. The molecule has 1 rings (SSSR count). The lowest BCUT2D eigenvalue weighted by atomic mass is 9.94. The van der Waals surface area contributed by atoms with Crippen LogP contribution in [-0.4, -0.2) is 37.1 Å². The first-order valence-corrected chi connectivity index (χ1v) is 5.64. The minimum absolute atomic E-state index is 0.0811. The van der Waals surface area contributed by atoms with Gasteiger partial charge in [-0.3, -0.25) is 9.69 Å². The van der Waals surface area contributed by atoms with E-state index in [4.69, 9.17) is 4.74 Å². The molecule has 0 aromatic heterocycles. The molecule has 1 heterocycles. The normalized spacial score (nSPS) is 19.6. The largest absolute Gasteiger partial charge is 0.465 e. The van der Waals surface area contributed by atoms with Crippen LogP contribution in [0.1, 0.15) is 33.1 Å². The second-order valence-electron chi connectivity index (χ2n) is 3.93. The minimum Gasteiger partial charge on any atom is -0.465 e. The van der Waals surface area contributed by atoms with Crippen molar-refractivity contribution in [3.05, 3.63) is 0 Å². The van der Waals surface area contributed by atoms with E-state index in [0.29, 0.717) is 13.2 Å². The number of piperidine rings is 1. The number of carbonyl (C=O) groups excluding carboxylic acids is 1. The third kappa shape index (κ3) is 3.66. The SMILES string of the molecule is CCOC(=O)CN1CCC(CC)CC1. The molecule has 14 heavy (non-hydrogen) atoms. The van der Waals surface area contributed by atoms with Crippen LogP contribution >= 0.6 is 0 Å². The van der Waals surface area contributed by atoms with Gasteiger partial charge in [-0.25, -0.2) is 0 Å². The first kappa shape index (κ1) is 11.5. The van der Waals surface area contributed by atoms with Gasteiger partial charge in [0.05, 0.1) is 13.2 Å². The molecule has 3 nitrogen and oxygen atoms in total. The summed E-state index contributed by atoms with van der Waals surface area (Å²) in [7, 11) is 0. The van der Waals surface area contributed by atoms with Gasteiger partial charge < -0.3 is 4.74 Å². The molecule has 0 atom stereocenters. The summed E-state index contributed by atoms with van der Waals surface area (Å²) in [4.78, 5) is 13.4. The topological polar surface area (TPSA) is 29.5 Å². The van der Waals surface area contributed by atoms with Crippen LogP contribution in [0.25, 0.3) is 0 Å². The van der Waals surface area contributed by atoms with E-state index in [-0.39, 0.29) is 5.97 Å². The van der Waals surface area contributed by atoms with Gasteiger partial charge in [0.15, 0.2) is 0 Å². The highest BCUT2D eigenvalue weighted by atomic mass is 16.5. The molecule has 0 unspecified atom stereocenters. The van der Waals surface area contributed by atoms with E-state index >= 15 is 0 Å². The maximum absolute atomic E-state index is 11.2. The Hall–Kier alpha value is -0.570. The van der Waals surface area contributed by atoms with E-state index in [1.165, 1.54) is 19.3 Å². The van der Waals surface area contributed by atoms with Crippen molar-refractivity contribution in [1.29, 1.82) is 0 Å². The van der Waals surface area contributed by atoms with E-state index in [1.54, 1.807) is 0 Å². The van der Waals surface area contributed by atoms with Gasteiger partial charge in [0.25, 0.3) is 0 Å². The van der Waals surface area contributed by atoms with E-state index < -0.39 is 0 Å². The fourth-order valence-corrected chi connectivity index (χ4v) is 1.94. The van der Waals surface area contributed by atoms with E-state index in [1.807, 2.05) is 6.92 Å². The highest BCUT2D eigenvalue weighted by molar-refractivity contribution is 5.71. The molecule has 0 saturated carbocycles. The van der Waals surface area contributed by atoms with Gasteiger partial charge >= 0.3 is 5.97 Å². The average molecular weight is 199 g/mol. The van der Waals surface area contributed by atoms with Crippen molar-refractivity contribution in [1.82, 2.24) is 4.90 Å². The summed E-state index contributed by atoms with van der Waals surface area (Å²) in [6.07, 6.45) is 3.74. The smallest absolute Gasteiger partial charge is 0.320 e. The predicted molar refractivity (Wildman–Crippen MR) is 56.1 cm³/mol. The summed E-state index contributed by atoms with van der Waals surface area (Å²) in [5.41, 5.74) is 0. The highest BCUT2D eigenvalue weighted by Crippen LogP contribution is 2.19. The van der Waals surface area contributed by atoms with E-state index in [9.17, 15) is 4.79 Å². The van der Waals surface area contributed by atoms with Gasteiger partial charge in [-0.05, 0) is 38.8 Å². The average Bonchev–Trinajstić information content (AvgIpc) is 2.19. The molecule has 1 fully saturated rings. The quantitative estimate of drug-likeness (QED) is 0.645. The van der Waals surface area contributed by atoms with Crippen LogP contribution in [0.2, 0.25) is 0 Å². The number of hydrogen-bond donors (Lipinski definition) is 0. The first-order valence-electron chi connectivity index (χ1n) is 5.64. The van der Waals surface area contributed by atoms with Gasteiger partial charge in [-0.1, -0.05) is 13.3 Å². The van der Waals surface area contributed by atoms with Crippen molar-refractivity contribution in [2.24, 2.45) is 5.92 Å². The van der Waals surface area contributed by atoms with Crippen molar-refractivity contribution >= 4 is 5.97 Å². The molecular formula is C11H21NO2. The van der Waals surface area contributed by atoms with Crippen LogP contribution in [0.5, 0.6) is 0 Å². The molecule has 0 aromatic rings. The third-order valence-electron chi connectivity index (χ3n) is 2.94.